The number of rotatable bonds is 8. The molecule has 3 heterocycles. The number of aromatic nitrogens is 4. The van der Waals surface area contributed by atoms with Gasteiger partial charge in [-0.3, -0.25) is 4.72 Å². The molecule has 1 aliphatic rings. The molecule has 3 N–H and O–H groups in total. The Morgan fingerprint density at radius 1 is 1.03 bits per heavy atom. The molecule has 4 aromatic rings. The Balaban J connectivity index is 1.38. The molecule has 0 spiro atoms. The van der Waals surface area contributed by atoms with E-state index in [-0.39, 0.29) is 33.9 Å². The number of piperidine rings is 1. The third kappa shape index (κ3) is 5.82. The van der Waals surface area contributed by atoms with Crippen molar-refractivity contribution in [3.63, 3.8) is 0 Å². The third-order valence-electron chi connectivity index (χ3n) is 5.74. The lowest BCUT2D eigenvalue weighted by Crippen LogP contribution is -2.38. The van der Waals surface area contributed by atoms with E-state index >= 15 is 4.39 Å². The lowest BCUT2D eigenvalue weighted by molar-refractivity contribution is 0.427. The summed E-state index contributed by atoms with van der Waals surface area (Å²) in [5.74, 6) is -0.812. The van der Waals surface area contributed by atoms with Gasteiger partial charge in [0.15, 0.2) is 17.3 Å². The Labute approximate surface area is 223 Å². The van der Waals surface area contributed by atoms with Gasteiger partial charge < -0.3 is 15.4 Å². The van der Waals surface area contributed by atoms with Crippen LogP contribution in [0, 0.1) is 5.82 Å². The number of nitrogens with zero attached hydrogens (tertiary/aromatic N) is 4. The largest absolute Gasteiger partial charge is 0.434 e. The predicted molar refractivity (Wildman–Crippen MR) is 141 cm³/mol. The topological polar surface area (TPSA) is 131 Å². The number of sulfonamides is 1. The summed E-state index contributed by atoms with van der Waals surface area (Å²) in [4.78, 5) is 17.3. The van der Waals surface area contributed by atoms with E-state index in [2.05, 4.69) is 35.3 Å². The molecule has 10 nitrogen and oxygen atoms in total. The third-order valence-corrected chi connectivity index (χ3v) is 7.50. The van der Waals surface area contributed by atoms with Crippen molar-refractivity contribution in [1.29, 1.82) is 0 Å². The molecule has 5 rings (SSSR count). The number of hydrogen-bond donors (Lipinski definition) is 3. The van der Waals surface area contributed by atoms with Gasteiger partial charge in [0.05, 0.1) is 16.3 Å². The molecule has 0 amide bonds. The van der Waals surface area contributed by atoms with Crippen LogP contribution >= 0.6 is 11.6 Å². The molecule has 196 valence electrons. The van der Waals surface area contributed by atoms with E-state index in [1.165, 1.54) is 36.7 Å². The van der Waals surface area contributed by atoms with Crippen molar-refractivity contribution < 1.29 is 17.5 Å². The van der Waals surface area contributed by atoms with Crippen LogP contribution in [-0.2, 0) is 10.0 Å². The summed E-state index contributed by atoms with van der Waals surface area (Å²) in [5.41, 5.74) is 0.556. The highest BCUT2D eigenvalue weighted by Crippen LogP contribution is 2.36. The molecule has 0 radical (unpaired) electrons. The first kappa shape index (κ1) is 25.8. The average molecular weight is 556 g/mol. The van der Waals surface area contributed by atoms with Crippen LogP contribution in [-0.4, -0.2) is 47.5 Å². The first-order chi connectivity index (χ1) is 18.4. The molecular weight excluding hydrogens is 533 g/mol. The van der Waals surface area contributed by atoms with E-state index in [0.29, 0.717) is 11.6 Å². The van der Waals surface area contributed by atoms with Gasteiger partial charge in [0.1, 0.15) is 5.02 Å². The standard InChI is InChI=1S/C25H23ClFN7O3S/c26-21-18(34-38(35,36)17-6-2-1-3-7-17)8-9-20(22(21)27)37-24-23(29-13-14-30-24)19-10-12-31-25(33-19)32-16-5-4-11-28-15-16/h1-3,6-10,12-14,16,28,34H,4-5,11,15H2,(H,31,32,33)/t16-/m0/s1. The second-order valence-corrected chi connectivity index (χ2v) is 10.5. The normalized spacial score (nSPS) is 15.6. The minimum Gasteiger partial charge on any atom is -0.434 e. The highest BCUT2D eigenvalue weighted by atomic mass is 35.5. The quantitative estimate of drug-likeness (QED) is 0.288. The second-order valence-electron chi connectivity index (χ2n) is 8.42. The smallest absolute Gasteiger partial charge is 0.261 e. The summed E-state index contributed by atoms with van der Waals surface area (Å²) in [6, 6.07) is 12.1. The molecule has 0 saturated carbocycles. The molecular formula is C25H23ClFN7O3S. The lowest BCUT2D eigenvalue weighted by Gasteiger charge is -2.23. The van der Waals surface area contributed by atoms with Gasteiger partial charge in [-0.2, -0.15) is 0 Å². The van der Waals surface area contributed by atoms with Crippen molar-refractivity contribution in [2.24, 2.45) is 0 Å². The highest BCUT2D eigenvalue weighted by molar-refractivity contribution is 7.92. The molecule has 0 aliphatic carbocycles. The number of anilines is 2. The molecule has 0 unspecified atom stereocenters. The summed E-state index contributed by atoms with van der Waals surface area (Å²) in [7, 11) is -3.97. The SMILES string of the molecule is O=S(=O)(Nc1ccc(Oc2nccnc2-c2ccnc(N[C@H]3CCCNC3)n2)c(F)c1Cl)c1ccccc1. The summed E-state index contributed by atoms with van der Waals surface area (Å²) in [6.45, 7) is 1.80. The number of hydrogen-bond acceptors (Lipinski definition) is 9. The van der Waals surface area contributed by atoms with E-state index in [1.54, 1.807) is 30.5 Å². The minimum absolute atomic E-state index is 0.0101. The zero-order valence-corrected chi connectivity index (χ0v) is 21.5. The van der Waals surface area contributed by atoms with Gasteiger partial charge in [-0.25, -0.2) is 32.7 Å². The Morgan fingerprint density at radius 3 is 2.63 bits per heavy atom. The van der Waals surface area contributed by atoms with E-state index < -0.39 is 20.9 Å². The molecule has 2 aromatic heterocycles. The van der Waals surface area contributed by atoms with E-state index in [0.717, 1.165) is 25.9 Å². The fraction of sp³-hybridized carbons (Fsp3) is 0.200. The van der Waals surface area contributed by atoms with Crippen LogP contribution in [0.3, 0.4) is 0 Å². The summed E-state index contributed by atoms with van der Waals surface area (Å²) < 4.78 is 48.5. The Kier molecular flexibility index (Phi) is 7.63. The van der Waals surface area contributed by atoms with Crippen molar-refractivity contribution in [1.82, 2.24) is 25.3 Å². The first-order valence-corrected chi connectivity index (χ1v) is 13.6. The van der Waals surface area contributed by atoms with Crippen molar-refractivity contribution in [2.75, 3.05) is 23.1 Å². The molecule has 1 atom stereocenters. The van der Waals surface area contributed by atoms with Crippen LogP contribution in [0.25, 0.3) is 11.4 Å². The maximum absolute atomic E-state index is 15.2. The maximum atomic E-state index is 15.2. The van der Waals surface area contributed by atoms with Gasteiger partial charge in [-0.1, -0.05) is 29.8 Å². The van der Waals surface area contributed by atoms with Crippen LogP contribution in [0.4, 0.5) is 16.0 Å². The van der Waals surface area contributed by atoms with Gasteiger partial charge in [-0.15, -0.1) is 0 Å². The van der Waals surface area contributed by atoms with Crippen LogP contribution in [0.1, 0.15) is 12.8 Å². The van der Waals surface area contributed by atoms with Crippen molar-refractivity contribution in [3.8, 4) is 23.0 Å². The molecule has 13 heteroatoms. The molecule has 38 heavy (non-hydrogen) atoms. The lowest BCUT2D eigenvalue weighted by atomic mass is 10.1. The molecule has 2 aromatic carbocycles. The van der Waals surface area contributed by atoms with E-state index in [4.69, 9.17) is 16.3 Å². The number of halogens is 2. The van der Waals surface area contributed by atoms with Crippen LogP contribution in [0.2, 0.25) is 5.02 Å². The molecule has 0 bridgehead atoms. The van der Waals surface area contributed by atoms with Gasteiger partial charge in [0.25, 0.3) is 10.0 Å². The monoisotopic (exact) mass is 555 g/mol. The maximum Gasteiger partial charge on any atom is 0.261 e. The number of ether oxygens (including phenoxy) is 1. The van der Waals surface area contributed by atoms with Crippen LogP contribution in [0.5, 0.6) is 11.6 Å². The fourth-order valence-electron chi connectivity index (χ4n) is 3.89. The zero-order chi connectivity index (χ0) is 26.5. The van der Waals surface area contributed by atoms with Gasteiger partial charge >= 0.3 is 0 Å². The average Bonchev–Trinajstić information content (AvgIpc) is 2.94. The Bertz CT molecular complexity index is 1540. The predicted octanol–water partition coefficient (Wildman–Crippen LogP) is 4.48. The molecule has 1 fully saturated rings. The van der Waals surface area contributed by atoms with Crippen molar-refractivity contribution in [3.05, 3.63) is 78.0 Å². The fourth-order valence-corrected chi connectivity index (χ4v) is 5.24. The van der Waals surface area contributed by atoms with E-state index in [1.807, 2.05) is 0 Å². The number of benzene rings is 2. The summed E-state index contributed by atoms with van der Waals surface area (Å²) >= 11 is 6.18. The Morgan fingerprint density at radius 2 is 1.84 bits per heavy atom. The van der Waals surface area contributed by atoms with Gasteiger partial charge in [0, 0.05) is 31.2 Å². The van der Waals surface area contributed by atoms with E-state index in [9.17, 15) is 8.42 Å². The van der Waals surface area contributed by atoms with Crippen LogP contribution in [0.15, 0.2) is 72.0 Å². The minimum atomic E-state index is -3.97. The Hall–Kier alpha value is -3.87. The molecule has 1 aliphatic heterocycles. The first-order valence-electron chi connectivity index (χ1n) is 11.8. The van der Waals surface area contributed by atoms with Gasteiger partial charge in [-0.05, 0) is 49.7 Å². The zero-order valence-electron chi connectivity index (χ0n) is 19.9. The van der Waals surface area contributed by atoms with Gasteiger partial charge in [0.2, 0.25) is 11.8 Å². The van der Waals surface area contributed by atoms with Crippen molar-refractivity contribution >= 4 is 33.3 Å². The molecule has 1 saturated heterocycles. The second kappa shape index (κ2) is 11.3. The van der Waals surface area contributed by atoms with Crippen LogP contribution < -0.4 is 20.1 Å². The highest BCUT2D eigenvalue weighted by Gasteiger charge is 2.21. The summed E-state index contributed by atoms with van der Waals surface area (Å²) in [6.07, 6.45) is 6.50. The van der Waals surface area contributed by atoms with Crippen molar-refractivity contribution in [2.45, 2.75) is 23.8 Å². The summed E-state index contributed by atoms with van der Waals surface area (Å²) in [5, 5.41) is 6.18. The number of nitrogens with one attached hydrogen (secondary N) is 3.